The van der Waals surface area contributed by atoms with Gasteiger partial charge in [0.25, 0.3) is 5.91 Å². The lowest BCUT2D eigenvalue weighted by atomic mass is 10.0. The molecule has 138 valence electrons. The number of amides is 1. The smallest absolute Gasteiger partial charge is 0.274 e. The van der Waals surface area contributed by atoms with Crippen LogP contribution >= 0.6 is 0 Å². The zero-order valence-electron chi connectivity index (χ0n) is 15.6. The van der Waals surface area contributed by atoms with Gasteiger partial charge in [0, 0.05) is 23.5 Å². The molecular formula is C21H22N4O2. The van der Waals surface area contributed by atoms with E-state index in [2.05, 4.69) is 34.4 Å². The summed E-state index contributed by atoms with van der Waals surface area (Å²) in [5, 5.41) is 6.10. The van der Waals surface area contributed by atoms with Crippen LogP contribution in [0.25, 0.3) is 0 Å². The number of methoxy groups -OCH3 is 1. The molecule has 0 saturated heterocycles. The van der Waals surface area contributed by atoms with E-state index >= 15 is 0 Å². The number of carbonyl (C=O) groups excluding carboxylic acids is 1. The van der Waals surface area contributed by atoms with Crippen molar-refractivity contribution in [2.75, 3.05) is 17.7 Å². The number of aromatic nitrogens is 2. The maximum Gasteiger partial charge on any atom is 0.274 e. The van der Waals surface area contributed by atoms with Crippen molar-refractivity contribution in [1.29, 1.82) is 0 Å². The van der Waals surface area contributed by atoms with Crippen molar-refractivity contribution in [2.24, 2.45) is 0 Å². The molecule has 0 atom stereocenters. The van der Waals surface area contributed by atoms with Crippen LogP contribution in [0.4, 0.5) is 17.2 Å². The van der Waals surface area contributed by atoms with Gasteiger partial charge >= 0.3 is 0 Å². The molecule has 0 spiro atoms. The summed E-state index contributed by atoms with van der Waals surface area (Å²) < 4.78 is 5.21. The van der Waals surface area contributed by atoms with Crippen molar-refractivity contribution in [3.8, 4) is 5.75 Å². The van der Waals surface area contributed by atoms with Crippen molar-refractivity contribution in [1.82, 2.24) is 9.97 Å². The fourth-order valence-corrected chi connectivity index (χ4v) is 2.70. The molecule has 6 heteroatoms. The van der Waals surface area contributed by atoms with Crippen molar-refractivity contribution in [3.05, 3.63) is 72.2 Å². The SMILES string of the molecule is COc1cccc(Nc2cc(C(=O)Nc3ccccc3C(C)C)ncn2)c1. The number of nitrogens with one attached hydrogen (secondary N) is 2. The summed E-state index contributed by atoms with van der Waals surface area (Å²) in [6.07, 6.45) is 1.37. The molecule has 2 N–H and O–H groups in total. The second-order valence-corrected chi connectivity index (χ2v) is 6.34. The van der Waals surface area contributed by atoms with Gasteiger partial charge in [-0.2, -0.15) is 0 Å². The minimum atomic E-state index is -0.279. The molecule has 1 amide bonds. The van der Waals surface area contributed by atoms with Gasteiger partial charge in [-0.1, -0.05) is 38.1 Å². The van der Waals surface area contributed by atoms with Crippen LogP contribution in [0.5, 0.6) is 5.75 Å². The quantitative estimate of drug-likeness (QED) is 0.670. The lowest BCUT2D eigenvalue weighted by Gasteiger charge is -2.13. The summed E-state index contributed by atoms with van der Waals surface area (Å²) in [5.74, 6) is 1.29. The molecule has 1 aromatic heterocycles. The molecule has 0 unspecified atom stereocenters. The van der Waals surface area contributed by atoms with Crippen LogP contribution in [-0.4, -0.2) is 23.0 Å². The average molecular weight is 362 g/mol. The van der Waals surface area contributed by atoms with Crippen molar-refractivity contribution < 1.29 is 9.53 Å². The summed E-state index contributed by atoms with van der Waals surface area (Å²) in [5.41, 5.74) is 2.96. The fraction of sp³-hybridized carbons (Fsp3) is 0.190. The molecule has 3 rings (SSSR count). The molecular weight excluding hydrogens is 340 g/mol. The summed E-state index contributed by atoms with van der Waals surface area (Å²) in [6, 6.07) is 16.9. The molecule has 0 fully saturated rings. The highest BCUT2D eigenvalue weighted by Crippen LogP contribution is 2.24. The summed E-state index contributed by atoms with van der Waals surface area (Å²) in [7, 11) is 1.61. The second kappa shape index (κ2) is 8.31. The Morgan fingerprint density at radius 1 is 1.04 bits per heavy atom. The monoisotopic (exact) mass is 362 g/mol. The lowest BCUT2D eigenvalue weighted by Crippen LogP contribution is -2.15. The minimum Gasteiger partial charge on any atom is -0.497 e. The van der Waals surface area contributed by atoms with Crippen molar-refractivity contribution in [2.45, 2.75) is 19.8 Å². The van der Waals surface area contributed by atoms with Crippen LogP contribution in [0.15, 0.2) is 60.9 Å². The van der Waals surface area contributed by atoms with Gasteiger partial charge in [0.15, 0.2) is 0 Å². The molecule has 0 saturated carbocycles. The van der Waals surface area contributed by atoms with Crippen LogP contribution in [0.1, 0.15) is 35.8 Å². The van der Waals surface area contributed by atoms with Gasteiger partial charge in [0.2, 0.25) is 0 Å². The Kier molecular flexibility index (Phi) is 5.66. The zero-order valence-corrected chi connectivity index (χ0v) is 15.6. The molecule has 27 heavy (non-hydrogen) atoms. The highest BCUT2D eigenvalue weighted by atomic mass is 16.5. The molecule has 0 aliphatic heterocycles. The Morgan fingerprint density at radius 3 is 2.63 bits per heavy atom. The van der Waals surface area contributed by atoms with Crippen LogP contribution in [0.3, 0.4) is 0 Å². The number of benzene rings is 2. The number of para-hydroxylation sites is 1. The number of carbonyl (C=O) groups is 1. The van der Waals surface area contributed by atoms with E-state index in [4.69, 9.17) is 4.74 Å². The topological polar surface area (TPSA) is 76.1 Å². The summed E-state index contributed by atoms with van der Waals surface area (Å²) in [6.45, 7) is 4.18. The predicted octanol–water partition coefficient (Wildman–Crippen LogP) is 4.60. The van der Waals surface area contributed by atoms with Crippen LogP contribution in [0.2, 0.25) is 0 Å². The van der Waals surface area contributed by atoms with E-state index in [1.807, 2.05) is 48.5 Å². The first kappa shape index (κ1) is 18.4. The largest absolute Gasteiger partial charge is 0.497 e. The van der Waals surface area contributed by atoms with Crippen LogP contribution < -0.4 is 15.4 Å². The van der Waals surface area contributed by atoms with E-state index in [0.29, 0.717) is 11.7 Å². The van der Waals surface area contributed by atoms with E-state index in [1.54, 1.807) is 13.2 Å². The third-order valence-corrected chi connectivity index (χ3v) is 4.07. The van der Waals surface area contributed by atoms with Crippen molar-refractivity contribution >= 4 is 23.1 Å². The van der Waals surface area contributed by atoms with Gasteiger partial charge in [0.05, 0.1) is 7.11 Å². The normalized spacial score (nSPS) is 10.5. The minimum absolute atomic E-state index is 0.279. The fourth-order valence-electron chi connectivity index (χ4n) is 2.70. The molecule has 0 bridgehead atoms. The Bertz CT molecular complexity index is 941. The Hall–Kier alpha value is -3.41. The highest BCUT2D eigenvalue weighted by Gasteiger charge is 2.13. The average Bonchev–Trinajstić information content (AvgIpc) is 2.68. The first-order valence-corrected chi connectivity index (χ1v) is 8.70. The molecule has 0 aliphatic carbocycles. The molecule has 0 aliphatic rings. The van der Waals surface area contributed by atoms with E-state index in [0.717, 1.165) is 22.7 Å². The van der Waals surface area contributed by atoms with Gasteiger partial charge in [-0.15, -0.1) is 0 Å². The molecule has 2 aromatic carbocycles. The highest BCUT2D eigenvalue weighted by molar-refractivity contribution is 6.03. The van der Waals surface area contributed by atoms with E-state index in [9.17, 15) is 4.79 Å². The van der Waals surface area contributed by atoms with Gasteiger partial charge in [-0.25, -0.2) is 9.97 Å². The molecule has 3 aromatic rings. The van der Waals surface area contributed by atoms with Gasteiger partial charge < -0.3 is 15.4 Å². The number of nitrogens with zero attached hydrogens (tertiary/aromatic N) is 2. The van der Waals surface area contributed by atoms with Crippen molar-refractivity contribution in [3.63, 3.8) is 0 Å². The van der Waals surface area contributed by atoms with Crippen LogP contribution in [-0.2, 0) is 0 Å². The third-order valence-electron chi connectivity index (χ3n) is 4.07. The maximum absolute atomic E-state index is 12.6. The number of hydrogen-bond donors (Lipinski definition) is 2. The maximum atomic E-state index is 12.6. The predicted molar refractivity (Wildman–Crippen MR) is 107 cm³/mol. The molecule has 1 heterocycles. The van der Waals surface area contributed by atoms with Gasteiger partial charge in [-0.05, 0) is 29.7 Å². The number of rotatable bonds is 6. The third kappa shape index (κ3) is 4.61. The molecule has 0 radical (unpaired) electrons. The summed E-state index contributed by atoms with van der Waals surface area (Å²) >= 11 is 0. The molecule has 6 nitrogen and oxygen atoms in total. The lowest BCUT2D eigenvalue weighted by molar-refractivity contribution is 0.102. The Balaban J connectivity index is 1.78. The number of hydrogen-bond acceptors (Lipinski definition) is 5. The first-order valence-electron chi connectivity index (χ1n) is 8.70. The standard InChI is InChI=1S/C21H22N4O2/c1-14(2)17-9-4-5-10-18(17)25-21(26)19-12-20(23-13-22-19)24-15-7-6-8-16(11-15)27-3/h4-14H,1-3H3,(H,25,26)(H,22,23,24). The van der Waals surface area contributed by atoms with Crippen LogP contribution in [0, 0.1) is 0 Å². The first-order chi connectivity index (χ1) is 13.1. The van der Waals surface area contributed by atoms with E-state index in [1.165, 1.54) is 6.33 Å². The second-order valence-electron chi connectivity index (χ2n) is 6.34. The Labute approximate surface area is 158 Å². The number of anilines is 3. The van der Waals surface area contributed by atoms with E-state index in [-0.39, 0.29) is 11.6 Å². The van der Waals surface area contributed by atoms with Gasteiger partial charge in [0.1, 0.15) is 23.6 Å². The summed E-state index contributed by atoms with van der Waals surface area (Å²) in [4.78, 5) is 20.9. The Morgan fingerprint density at radius 2 is 1.85 bits per heavy atom. The zero-order chi connectivity index (χ0) is 19.2. The van der Waals surface area contributed by atoms with E-state index < -0.39 is 0 Å². The van der Waals surface area contributed by atoms with Gasteiger partial charge in [-0.3, -0.25) is 4.79 Å². The number of ether oxygens (including phenoxy) is 1.